The van der Waals surface area contributed by atoms with Crippen molar-refractivity contribution in [1.29, 1.82) is 0 Å². The number of hydrogen-bond donors (Lipinski definition) is 3. The third kappa shape index (κ3) is 2.97. The summed E-state index contributed by atoms with van der Waals surface area (Å²) in [6, 6.07) is 3.59. The fourth-order valence-corrected chi connectivity index (χ4v) is 1.49. The Balaban J connectivity index is 2.79. The molecule has 0 unspecified atom stereocenters. The zero-order valence-electron chi connectivity index (χ0n) is 9.71. The van der Waals surface area contributed by atoms with Crippen molar-refractivity contribution in [1.82, 2.24) is 5.32 Å². The SMILES string of the molecule is Cc1cc(C)c(C(=O)NCCCO)cc1N. The van der Waals surface area contributed by atoms with E-state index in [9.17, 15) is 4.79 Å². The minimum atomic E-state index is -0.141. The lowest BCUT2D eigenvalue weighted by Crippen LogP contribution is -2.26. The van der Waals surface area contributed by atoms with Crippen molar-refractivity contribution in [3.8, 4) is 0 Å². The molecule has 0 aromatic heterocycles. The average Bonchev–Trinajstić information content (AvgIpc) is 2.23. The van der Waals surface area contributed by atoms with E-state index < -0.39 is 0 Å². The largest absolute Gasteiger partial charge is 0.398 e. The topological polar surface area (TPSA) is 75.3 Å². The maximum atomic E-state index is 11.8. The summed E-state index contributed by atoms with van der Waals surface area (Å²) in [7, 11) is 0. The second-order valence-electron chi connectivity index (χ2n) is 3.86. The van der Waals surface area contributed by atoms with E-state index in [2.05, 4.69) is 5.32 Å². The number of carbonyl (C=O) groups excluding carboxylic acids is 1. The highest BCUT2D eigenvalue weighted by Gasteiger charge is 2.09. The summed E-state index contributed by atoms with van der Waals surface area (Å²) >= 11 is 0. The quantitative estimate of drug-likeness (QED) is 0.525. The van der Waals surface area contributed by atoms with Crippen LogP contribution in [-0.2, 0) is 0 Å². The van der Waals surface area contributed by atoms with Gasteiger partial charge in [-0.3, -0.25) is 4.79 Å². The molecule has 0 aliphatic carbocycles. The molecule has 88 valence electrons. The maximum absolute atomic E-state index is 11.8. The van der Waals surface area contributed by atoms with Gasteiger partial charge in [-0.25, -0.2) is 0 Å². The first-order valence-electron chi connectivity index (χ1n) is 5.32. The van der Waals surface area contributed by atoms with Crippen molar-refractivity contribution in [3.05, 3.63) is 28.8 Å². The van der Waals surface area contributed by atoms with Gasteiger partial charge in [-0.1, -0.05) is 6.07 Å². The van der Waals surface area contributed by atoms with Gasteiger partial charge in [-0.15, -0.1) is 0 Å². The molecule has 1 amide bonds. The molecule has 0 fully saturated rings. The predicted octanol–water partition coefficient (Wildman–Crippen LogP) is 0.998. The highest BCUT2D eigenvalue weighted by Crippen LogP contribution is 2.17. The molecule has 0 heterocycles. The number of benzene rings is 1. The Kier molecular flexibility index (Phi) is 4.31. The lowest BCUT2D eigenvalue weighted by atomic mass is 10.0. The highest BCUT2D eigenvalue weighted by atomic mass is 16.3. The first kappa shape index (κ1) is 12.5. The third-order valence-corrected chi connectivity index (χ3v) is 2.48. The Hall–Kier alpha value is -1.55. The monoisotopic (exact) mass is 222 g/mol. The van der Waals surface area contributed by atoms with Crippen LogP contribution in [0.5, 0.6) is 0 Å². The van der Waals surface area contributed by atoms with Gasteiger partial charge in [-0.2, -0.15) is 0 Å². The number of amides is 1. The molecular weight excluding hydrogens is 204 g/mol. The van der Waals surface area contributed by atoms with Crippen molar-refractivity contribution in [2.75, 3.05) is 18.9 Å². The van der Waals surface area contributed by atoms with Crippen LogP contribution in [0.25, 0.3) is 0 Å². The van der Waals surface area contributed by atoms with Gasteiger partial charge < -0.3 is 16.2 Å². The lowest BCUT2D eigenvalue weighted by molar-refractivity contribution is 0.0950. The molecule has 16 heavy (non-hydrogen) atoms. The minimum absolute atomic E-state index is 0.0787. The number of carbonyl (C=O) groups is 1. The second kappa shape index (κ2) is 5.51. The summed E-state index contributed by atoms with van der Waals surface area (Å²) in [4.78, 5) is 11.8. The molecule has 0 bridgehead atoms. The molecule has 1 aromatic carbocycles. The van der Waals surface area contributed by atoms with E-state index in [-0.39, 0.29) is 12.5 Å². The van der Waals surface area contributed by atoms with Crippen LogP contribution >= 0.6 is 0 Å². The van der Waals surface area contributed by atoms with E-state index in [0.29, 0.717) is 24.2 Å². The van der Waals surface area contributed by atoms with Crippen molar-refractivity contribution < 1.29 is 9.90 Å². The predicted molar refractivity (Wildman–Crippen MR) is 64.4 cm³/mol. The lowest BCUT2D eigenvalue weighted by Gasteiger charge is -2.09. The standard InChI is InChI=1S/C12H18N2O2/c1-8-6-9(2)11(13)7-10(8)12(16)14-4-3-5-15/h6-7,15H,3-5,13H2,1-2H3,(H,14,16). The van der Waals surface area contributed by atoms with Crippen LogP contribution in [0.15, 0.2) is 12.1 Å². The van der Waals surface area contributed by atoms with Gasteiger partial charge in [0, 0.05) is 24.4 Å². The van der Waals surface area contributed by atoms with Gasteiger partial charge in [0.05, 0.1) is 0 Å². The number of nitrogen functional groups attached to an aromatic ring is 1. The van der Waals surface area contributed by atoms with Crippen LogP contribution in [-0.4, -0.2) is 24.2 Å². The molecule has 0 atom stereocenters. The molecule has 0 spiro atoms. The number of aryl methyl sites for hydroxylation is 2. The van der Waals surface area contributed by atoms with E-state index in [4.69, 9.17) is 10.8 Å². The fraction of sp³-hybridized carbons (Fsp3) is 0.417. The molecule has 0 aliphatic rings. The number of aliphatic hydroxyl groups is 1. The van der Waals surface area contributed by atoms with Gasteiger partial charge in [0.2, 0.25) is 0 Å². The second-order valence-corrected chi connectivity index (χ2v) is 3.86. The number of rotatable bonds is 4. The number of aliphatic hydroxyl groups excluding tert-OH is 1. The summed E-state index contributed by atoms with van der Waals surface area (Å²) in [5, 5.41) is 11.3. The van der Waals surface area contributed by atoms with Gasteiger partial charge >= 0.3 is 0 Å². The van der Waals surface area contributed by atoms with E-state index in [1.807, 2.05) is 19.9 Å². The normalized spacial score (nSPS) is 10.2. The zero-order valence-corrected chi connectivity index (χ0v) is 9.71. The van der Waals surface area contributed by atoms with Crippen LogP contribution < -0.4 is 11.1 Å². The van der Waals surface area contributed by atoms with Crippen molar-refractivity contribution in [2.45, 2.75) is 20.3 Å². The van der Waals surface area contributed by atoms with Gasteiger partial charge in [0.15, 0.2) is 0 Å². The molecule has 4 N–H and O–H groups in total. The van der Waals surface area contributed by atoms with Crippen molar-refractivity contribution in [3.63, 3.8) is 0 Å². The number of hydrogen-bond acceptors (Lipinski definition) is 3. The molecule has 1 rings (SSSR count). The molecule has 0 radical (unpaired) electrons. The van der Waals surface area contributed by atoms with Crippen LogP contribution in [0, 0.1) is 13.8 Å². The summed E-state index contributed by atoms with van der Waals surface area (Å²) in [5.74, 6) is -0.141. The van der Waals surface area contributed by atoms with Gasteiger partial charge in [0.25, 0.3) is 5.91 Å². The average molecular weight is 222 g/mol. The smallest absolute Gasteiger partial charge is 0.251 e. The van der Waals surface area contributed by atoms with Crippen LogP contribution in [0.3, 0.4) is 0 Å². The number of anilines is 1. The summed E-state index contributed by atoms with van der Waals surface area (Å²) in [6.45, 7) is 4.35. The van der Waals surface area contributed by atoms with Crippen LogP contribution in [0.2, 0.25) is 0 Å². The molecule has 4 heteroatoms. The van der Waals surface area contributed by atoms with Gasteiger partial charge in [-0.05, 0) is 37.5 Å². The molecule has 0 saturated heterocycles. The summed E-state index contributed by atoms with van der Waals surface area (Å²) in [6.07, 6.45) is 0.562. The van der Waals surface area contributed by atoms with Crippen LogP contribution in [0.4, 0.5) is 5.69 Å². The third-order valence-electron chi connectivity index (χ3n) is 2.48. The molecule has 0 aliphatic heterocycles. The molecule has 0 saturated carbocycles. The summed E-state index contributed by atoms with van der Waals surface area (Å²) in [5.41, 5.74) is 8.87. The number of nitrogens with two attached hydrogens (primary N) is 1. The Labute approximate surface area is 95.5 Å². The summed E-state index contributed by atoms with van der Waals surface area (Å²) < 4.78 is 0. The molecular formula is C12H18N2O2. The Morgan fingerprint density at radius 1 is 1.38 bits per heavy atom. The molecule has 1 aromatic rings. The number of nitrogens with one attached hydrogen (secondary N) is 1. The highest BCUT2D eigenvalue weighted by molar-refractivity contribution is 5.96. The molecule has 4 nitrogen and oxygen atoms in total. The van der Waals surface area contributed by atoms with Crippen LogP contribution in [0.1, 0.15) is 27.9 Å². The van der Waals surface area contributed by atoms with E-state index in [1.165, 1.54) is 0 Å². The van der Waals surface area contributed by atoms with E-state index in [1.54, 1.807) is 6.07 Å². The first-order valence-corrected chi connectivity index (χ1v) is 5.32. The first-order chi connectivity index (χ1) is 7.56. The minimum Gasteiger partial charge on any atom is -0.398 e. The Morgan fingerprint density at radius 3 is 2.69 bits per heavy atom. The Morgan fingerprint density at radius 2 is 2.06 bits per heavy atom. The van der Waals surface area contributed by atoms with Crippen molar-refractivity contribution >= 4 is 11.6 Å². The van der Waals surface area contributed by atoms with E-state index in [0.717, 1.165) is 11.1 Å². The van der Waals surface area contributed by atoms with Gasteiger partial charge in [0.1, 0.15) is 0 Å². The fourth-order valence-electron chi connectivity index (χ4n) is 1.49. The van der Waals surface area contributed by atoms with Crippen molar-refractivity contribution in [2.24, 2.45) is 0 Å². The Bertz CT molecular complexity index is 389. The maximum Gasteiger partial charge on any atom is 0.251 e. The zero-order chi connectivity index (χ0) is 12.1. The van der Waals surface area contributed by atoms with E-state index >= 15 is 0 Å².